The molecule has 1 fully saturated rings. The van der Waals surface area contributed by atoms with Crippen LogP contribution < -0.4 is 0 Å². The van der Waals surface area contributed by atoms with Gasteiger partial charge in [-0.3, -0.25) is 0 Å². The van der Waals surface area contributed by atoms with Gasteiger partial charge < -0.3 is 0 Å². The van der Waals surface area contributed by atoms with Gasteiger partial charge in [0.1, 0.15) is 0 Å². The molecule has 84 valence electrons. The summed E-state index contributed by atoms with van der Waals surface area (Å²) < 4.78 is 23.2. The summed E-state index contributed by atoms with van der Waals surface area (Å²) in [5.74, 6) is 1.18. The van der Waals surface area contributed by atoms with E-state index in [2.05, 4.69) is 34.6 Å². The highest BCUT2D eigenvalue weighted by Crippen LogP contribution is 2.51. The lowest BCUT2D eigenvalue weighted by Crippen LogP contribution is -2.41. The van der Waals surface area contributed by atoms with Crippen molar-refractivity contribution in [2.24, 2.45) is 16.7 Å². The number of hydrogen-bond acceptors (Lipinski definition) is 2. The summed E-state index contributed by atoms with van der Waals surface area (Å²) in [7, 11) is -2.78. The first-order chi connectivity index (χ1) is 6.11. The second-order valence-corrected chi connectivity index (χ2v) is 8.09. The van der Waals surface area contributed by atoms with E-state index >= 15 is 0 Å². The third-order valence-corrected chi connectivity index (χ3v) is 5.72. The Labute approximate surface area is 88.0 Å². The summed E-state index contributed by atoms with van der Waals surface area (Å²) in [5.41, 5.74) is 0.0522. The van der Waals surface area contributed by atoms with Crippen molar-refractivity contribution in [2.75, 3.05) is 11.5 Å². The monoisotopic (exact) mass is 218 g/mol. The summed E-state index contributed by atoms with van der Waals surface area (Å²) in [5, 5.41) is 0. The molecule has 0 aliphatic carbocycles. The molecule has 0 amide bonds. The van der Waals surface area contributed by atoms with Crippen LogP contribution in [-0.2, 0) is 9.84 Å². The van der Waals surface area contributed by atoms with Crippen molar-refractivity contribution in [1.29, 1.82) is 0 Å². The normalized spacial score (nSPS) is 32.4. The van der Waals surface area contributed by atoms with Crippen LogP contribution in [0.5, 0.6) is 0 Å². The zero-order valence-electron chi connectivity index (χ0n) is 9.92. The van der Waals surface area contributed by atoms with Crippen LogP contribution in [0.15, 0.2) is 0 Å². The Morgan fingerprint density at radius 1 is 1.21 bits per heavy atom. The van der Waals surface area contributed by atoms with Crippen molar-refractivity contribution in [2.45, 2.75) is 41.0 Å². The van der Waals surface area contributed by atoms with Crippen LogP contribution in [0.1, 0.15) is 41.0 Å². The van der Waals surface area contributed by atoms with E-state index in [-0.39, 0.29) is 10.8 Å². The van der Waals surface area contributed by atoms with Gasteiger partial charge in [0.15, 0.2) is 9.84 Å². The highest BCUT2D eigenvalue weighted by Gasteiger charge is 2.51. The minimum Gasteiger partial charge on any atom is -0.229 e. The molecule has 0 radical (unpaired) electrons. The zero-order valence-corrected chi connectivity index (χ0v) is 10.7. The molecule has 1 rings (SSSR count). The Balaban J connectivity index is 3.11. The molecule has 1 saturated heterocycles. The van der Waals surface area contributed by atoms with E-state index in [4.69, 9.17) is 0 Å². The second-order valence-electron chi connectivity index (χ2n) is 5.90. The van der Waals surface area contributed by atoms with E-state index in [0.717, 1.165) is 6.42 Å². The largest absolute Gasteiger partial charge is 0.229 e. The third-order valence-electron chi connectivity index (χ3n) is 3.94. The van der Waals surface area contributed by atoms with E-state index in [9.17, 15) is 8.42 Å². The molecule has 14 heavy (non-hydrogen) atoms. The minimum atomic E-state index is -2.78. The summed E-state index contributed by atoms with van der Waals surface area (Å²) >= 11 is 0. The maximum Gasteiger partial charge on any atom is 0.150 e. The average molecular weight is 218 g/mol. The van der Waals surface area contributed by atoms with Crippen LogP contribution in [0.3, 0.4) is 0 Å². The predicted octanol–water partition coefficient (Wildman–Crippen LogP) is 2.49. The molecule has 1 heterocycles. The van der Waals surface area contributed by atoms with Gasteiger partial charge in [-0.05, 0) is 23.2 Å². The Hall–Kier alpha value is -0.0500. The van der Waals surface area contributed by atoms with Gasteiger partial charge in [-0.1, -0.05) is 34.6 Å². The molecule has 0 aromatic heterocycles. The van der Waals surface area contributed by atoms with Crippen LogP contribution in [-0.4, -0.2) is 19.9 Å². The molecule has 3 heteroatoms. The van der Waals surface area contributed by atoms with Crippen molar-refractivity contribution in [3.63, 3.8) is 0 Å². The molecule has 1 atom stereocenters. The molecule has 0 aromatic rings. The van der Waals surface area contributed by atoms with Crippen LogP contribution in [0, 0.1) is 16.7 Å². The van der Waals surface area contributed by atoms with Crippen LogP contribution in [0.25, 0.3) is 0 Å². The molecule has 0 N–H and O–H groups in total. The summed E-state index contributed by atoms with van der Waals surface area (Å²) in [6.45, 7) is 10.8. The molecule has 0 bridgehead atoms. The SMILES string of the molecule is CC(C)[C@@]1(C(C)(C)C)CCS(=O)(=O)C1. The van der Waals surface area contributed by atoms with Gasteiger partial charge in [-0.15, -0.1) is 0 Å². The van der Waals surface area contributed by atoms with Crippen molar-refractivity contribution in [3.05, 3.63) is 0 Å². The molecule has 2 nitrogen and oxygen atoms in total. The highest BCUT2D eigenvalue weighted by atomic mass is 32.2. The van der Waals surface area contributed by atoms with E-state index in [1.54, 1.807) is 0 Å². The third kappa shape index (κ3) is 1.83. The lowest BCUT2D eigenvalue weighted by molar-refractivity contribution is 0.0598. The van der Waals surface area contributed by atoms with Crippen LogP contribution in [0.2, 0.25) is 0 Å². The van der Waals surface area contributed by atoms with Gasteiger partial charge in [0, 0.05) is 0 Å². The summed E-state index contributed by atoms with van der Waals surface area (Å²) in [6.07, 6.45) is 0.830. The van der Waals surface area contributed by atoms with Crippen molar-refractivity contribution < 1.29 is 8.42 Å². The molecule has 0 spiro atoms. The fourth-order valence-electron chi connectivity index (χ4n) is 2.79. The maximum atomic E-state index is 11.6. The molecular weight excluding hydrogens is 196 g/mol. The van der Waals surface area contributed by atoms with Crippen molar-refractivity contribution in [3.8, 4) is 0 Å². The van der Waals surface area contributed by atoms with Crippen molar-refractivity contribution in [1.82, 2.24) is 0 Å². The zero-order chi connectivity index (χ0) is 11.2. The lowest BCUT2D eigenvalue weighted by Gasteiger charge is -2.44. The van der Waals surface area contributed by atoms with E-state index < -0.39 is 9.84 Å². The fourth-order valence-corrected chi connectivity index (χ4v) is 5.30. The first-order valence-electron chi connectivity index (χ1n) is 5.31. The molecule has 1 aliphatic rings. The molecule has 0 aromatic carbocycles. The van der Waals surface area contributed by atoms with Gasteiger partial charge in [0.25, 0.3) is 0 Å². The summed E-state index contributed by atoms with van der Waals surface area (Å²) in [4.78, 5) is 0. The quantitative estimate of drug-likeness (QED) is 0.677. The summed E-state index contributed by atoms with van der Waals surface area (Å²) in [6, 6.07) is 0. The number of sulfone groups is 1. The Bertz CT molecular complexity index is 309. The first kappa shape index (κ1) is 12.0. The first-order valence-corrected chi connectivity index (χ1v) is 7.13. The molecular formula is C11H22O2S. The van der Waals surface area contributed by atoms with Gasteiger partial charge in [-0.2, -0.15) is 0 Å². The Kier molecular flexibility index (Phi) is 2.77. The fraction of sp³-hybridized carbons (Fsp3) is 1.00. The lowest BCUT2D eigenvalue weighted by atomic mass is 9.60. The van der Waals surface area contributed by atoms with E-state index in [1.807, 2.05) is 0 Å². The van der Waals surface area contributed by atoms with Crippen molar-refractivity contribution >= 4 is 9.84 Å². The second kappa shape index (κ2) is 3.22. The Morgan fingerprint density at radius 3 is 1.86 bits per heavy atom. The number of rotatable bonds is 1. The van der Waals surface area contributed by atoms with E-state index in [0.29, 0.717) is 17.4 Å². The smallest absolute Gasteiger partial charge is 0.150 e. The molecule has 0 saturated carbocycles. The average Bonchev–Trinajstić information content (AvgIpc) is 2.25. The predicted molar refractivity (Wildman–Crippen MR) is 60.0 cm³/mol. The van der Waals surface area contributed by atoms with E-state index in [1.165, 1.54) is 0 Å². The van der Waals surface area contributed by atoms with Gasteiger partial charge >= 0.3 is 0 Å². The standard InChI is InChI=1S/C11H22O2S/c1-9(2)11(10(3,4)5)6-7-14(12,13)8-11/h9H,6-8H2,1-5H3/t11-/m1/s1. The Morgan fingerprint density at radius 2 is 1.71 bits per heavy atom. The number of hydrogen-bond donors (Lipinski definition) is 0. The van der Waals surface area contributed by atoms with Crippen LogP contribution >= 0.6 is 0 Å². The van der Waals surface area contributed by atoms with Gasteiger partial charge in [-0.25, -0.2) is 8.42 Å². The highest BCUT2D eigenvalue weighted by molar-refractivity contribution is 7.91. The topological polar surface area (TPSA) is 34.1 Å². The van der Waals surface area contributed by atoms with Gasteiger partial charge in [0.2, 0.25) is 0 Å². The van der Waals surface area contributed by atoms with Crippen LogP contribution in [0.4, 0.5) is 0 Å². The minimum absolute atomic E-state index is 0.0220. The maximum absolute atomic E-state index is 11.6. The molecule has 1 aliphatic heterocycles. The molecule has 0 unspecified atom stereocenters. The van der Waals surface area contributed by atoms with Gasteiger partial charge in [0.05, 0.1) is 11.5 Å².